The predicted octanol–water partition coefficient (Wildman–Crippen LogP) is 14.7. The first-order chi connectivity index (χ1) is 26.2. The smallest absolute Gasteiger partial charge is 0.159 e. The highest BCUT2D eigenvalue weighted by Crippen LogP contribution is 2.60. The summed E-state index contributed by atoms with van der Waals surface area (Å²) in [6.07, 6.45) is 0. The molecule has 0 unspecified atom stereocenters. The first-order valence-corrected chi connectivity index (χ1v) is 18.3. The van der Waals surface area contributed by atoms with Gasteiger partial charge in [0.25, 0.3) is 0 Å². The number of furan rings is 1. The number of para-hydroxylation sites is 3. The van der Waals surface area contributed by atoms with Crippen LogP contribution in [0.2, 0.25) is 0 Å². The van der Waals surface area contributed by atoms with E-state index in [2.05, 4.69) is 188 Å². The molecule has 2 nitrogen and oxygen atoms in total. The Hall–Kier alpha value is -6.90. The molecule has 0 aliphatic heterocycles. The number of hydrogen-bond acceptors (Lipinski definition) is 2. The molecule has 0 atom stereocenters. The van der Waals surface area contributed by atoms with Crippen LogP contribution in [-0.2, 0) is 0 Å². The second-order valence-electron chi connectivity index (χ2n) is 14.1. The van der Waals surface area contributed by atoms with Crippen molar-refractivity contribution in [3.05, 3.63) is 188 Å². The van der Waals surface area contributed by atoms with Gasteiger partial charge in [-0.05, 0) is 121 Å². The first-order valence-electron chi connectivity index (χ1n) is 18.3. The van der Waals surface area contributed by atoms with Gasteiger partial charge < -0.3 is 9.32 Å². The van der Waals surface area contributed by atoms with E-state index in [0.717, 1.165) is 39.0 Å². The standard InChI is InChI=1S/C51H33NO/c1-32-15-8-12-24-44(32)52(45-25-14-23-41-38-20-11-13-26-46(38)53-51(41)45)37-28-27-35-30-42-43(31-36(35)29-37)50-48(34-18-6-3-7-19-34)40-22-10-9-21-39(40)47(49(42)50)33-16-4-2-5-17-33/h2-31H,1H3. The molecule has 0 N–H and O–H groups in total. The van der Waals surface area contributed by atoms with E-state index in [1.54, 1.807) is 0 Å². The number of fused-ring (bicyclic) bond motifs is 9. The molecule has 10 aromatic rings. The van der Waals surface area contributed by atoms with E-state index in [-0.39, 0.29) is 0 Å². The van der Waals surface area contributed by atoms with Crippen LogP contribution >= 0.6 is 0 Å². The summed E-state index contributed by atoms with van der Waals surface area (Å²) in [6, 6.07) is 65.9. The van der Waals surface area contributed by atoms with Crippen molar-refractivity contribution in [3.8, 4) is 44.5 Å². The Kier molecular flexibility index (Phi) is 6.50. The SMILES string of the molecule is Cc1ccccc1N(c1ccc2cc3c(cc2c1)-c1c-3c(-c2ccccc2)c2ccccc2c1-c1ccccc1)c1cccc2c1oc1ccccc12. The molecule has 248 valence electrons. The van der Waals surface area contributed by atoms with Crippen molar-refractivity contribution in [1.82, 2.24) is 0 Å². The van der Waals surface area contributed by atoms with Crippen LogP contribution in [0.15, 0.2) is 186 Å². The number of benzene rings is 9. The van der Waals surface area contributed by atoms with E-state index >= 15 is 0 Å². The lowest BCUT2D eigenvalue weighted by molar-refractivity contribution is 0.669. The monoisotopic (exact) mass is 675 g/mol. The fourth-order valence-corrected chi connectivity index (χ4v) is 8.69. The van der Waals surface area contributed by atoms with E-state index in [1.807, 2.05) is 6.07 Å². The molecule has 0 spiro atoms. The van der Waals surface area contributed by atoms with Gasteiger partial charge in [-0.15, -0.1) is 0 Å². The number of rotatable bonds is 5. The van der Waals surface area contributed by atoms with Crippen molar-refractivity contribution in [2.24, 2.45) is 0 Å². The molecular weight excluding hydrogens is 643 g/mol. The zero-order chi connectivity index (χ0) is 35.0. The van der Waals surface area contributed by atoms with Crippen LogP contribution in [0.5, 0.6) is 0 Å². The van der Waals surface area contributed by atoms with Crippen molar-refractivity contribution in [2.45, 2.75) is 6.92 Å². The normalized spacial score (nSPS) is 11.9. The summed E-state index contributed by atoms with van der Waals surface area (Å²) in [7, 11) is 0. The topological polar surface area (TPSA) is 16.4 Å². The molecule has 0 saturated carbocycles. The largest absolute Gasteiger partial charge is 0.454 e. The quantitative estimate of drug-likeness (QED) is 0.181. The lowest BCUT2D eigenvalue weighted by Crippen LogP contribution is -2.11. The van der Waals surface area contributed by atoms with E-state index < -0.39 is 0 Å². The van der Waals surface area contributed by atoms with Crippen LogP contribution in [0.1, 0.15) is 5.56 Å². The van der Waals surface area contributed by atoms with Crippen LogP contribution in [-0.4, -0.2) is 0 Å². The maximum absolute atomic E-state index is 6.61. The Bertz CT molecular complexity index is 3060. The van der Waals surface area contributed by atoms with Crippen LogP contribution in [0.25, 0.3) is 88.0 Å². The average molecular weight is 676 g/mol. The fraction of sp³-hybridized carbons (Fsp3) is 0.0196. The Balaban J connectivity index is 1.16. The van der Waals surface area contributed by atoms with Crippen molar-refractivity contribution in [2.75, 3.05) is 4.90 Å². The van der Waals surface area contributed by atoms with Gasteiger partial charge in [-0.25, -0.2) is 0 Å². The molecule has 1 aromatic heterocycles. The van der Waals surface area contributed by atoms with E-state index in [4.69, 9.17) is 4.42 Å². The predicted molar refractivity (Wildman–Crippen MR) is 223 cm³/mol. The maximum Gasteiger partial charge on any atom is 0.159 e. The van der Waals surface area contributed by atoms with E-state index in [9.17, 15) is 0 Å². The van der Waals surface area contributed by atoms with E-state index in [1.165, 1.54) is 71.6 Å². The van der Waals surface area contributed by atoms with Gasteiger partial charge in [-0.1, -0.05) is 140 Å². The second kappa shape index (κ2) is 11.6. The Labute approximate surface area is 307 Å². The highest BCUT2D eigenvalue weighted by Gasteiger charge is 2.33. The number of anilines is 3. The molecular formula is C51H33NO. The van der Waals surface area contributed by atoms with Crippen molar-refractivity contribution in [3.63, 3.8) is 0 Å². The number of hydrogen-bond donors (Lipinski definition) is 0. The molecule has 0 fully saturated rings. The second-order valence-corrected chi connectivity index (χ2v) is 14.1. The third-order valence-corrected chi connectivity index (χ3v) is 11.1. The van der Waals surface area contributed by atoms with Crippen LogP contribution in [0, 0.1) is 6.92 Å². The van der Waals surface area contributed by atoms with Crippen LogP contribution < -0.4 is 4.90 Å². The molecule has 9 aromatic carbocycles. The highest BCUT2D eigenvalue weighted by molar-refractivity contribution is 6.26. The van der Waals surface area contributed by atoms with Crippen LogP contribution in [0.4, 0.5) is 17.1 Å². The van der Waals surface area contributed by atoms with Gasteiger partial charge in [0, 0.05) is 22.1 Å². The molecule has 1 heterocycles. The summed E-state index contributed by atoms with van der Waals surface area (Å²) >= 11 is 0. The molecule has 0 bridgehead atoms. The van der Waals surface area contributed by atoms with Gasteiger partial charge in [0.2, 0.25) is 0 Å². The van der Waals surface area contributed by atoms with Gasteiger partial charge in [0.05, 0.1) is 5.69 Å². The molecule has 0 radical (unpaired) electrons. The molecule has 2 heteroatoms. The molecule has 0 amide bonds. The summed E-state index contributed by atoms with van der Waals surface area (Å²) in [5, 5.41) is 7.23. The minimum Gasteiger partial charge on any atom is -0.454 e. The van der Waals surface area contributed by atoms with Crippen LogP contribution in [0.3, 0.4) is 0 Å². The summed E-state index contributed by atoms with van der Waals surface area (Å²) in [5.41, 5.74) is 16.6. The molecule has 53 heavy (non-hydrogen) atoms. The van der Waals surface area contributed by atoms with Gasteiger partial charge in [0.15, 0.2) is 5.58 Å². The minimum absolute atomic E-state index is 0.885. The Morgan fingerprint density at radius 2 is 0.943 bits per heavy atom. The lowest BCUT2D eigenvalue weighted by atomic mass is 9.70. The number of aryl methyl sites for hydroxylation is 1. The lowest BCUT2D eigenvalue weighted by Gasteiger charge is -2.33. The third kappa shape index (κ3) is 4.46. The van der Waals surface area contributed by atoms with Gasteiger partial charge in [0.1, 0.15) is 5.58 Å². The summed E-state index contributed by atoms with van der Waals surface area (Å²) in [6.45, 7) is 2.18. The summed E-state index contributed by atoms with van der Waals surface area (Å²) in [4.78, 5) is 2.36. The van der Waals surface area contributed by atoms with Gasteiger partial charge >= 0.3 is 0 Å². The third-order valence-electron chi connectivity index (χ3n) is 11.1. The summed E-state index contributed by atoms with van der Waals surface area (Å²) in [5.74, 6) is 0. The van der Waals surface area contributed by atoms with Crippen molar-refractivity contribution in [1.29, 1.82) is 0 Å². The molecule has 1 aliphatic rings. The van der Waals surface area contributed by atoms with Gasteiger partial charge in [-0.3, -0.25) is 0 Å². The van der Waals surface area contributed by atoms with Crippen molar-refractivity contribution >= 4 is 60.5 Å². The fourth-order valence-electron chi connectivity index (χ4n) is 8.69. The zero-order valence-corrected chi connectivity index (χ0v) is 29.2. The summed E-state index contributed by atoms with van der Waals surface area (Å²) < 4.78 is 6.61. The Morgan fingerprint density at radius 3 is 1.62 bits per heavy atom. The number of nitrogens with zero attached hydrogens (tertiary/aromatic N) is 1. The van der Waals surface area contributed by atoms with Gasteiger partial charge in [-0.2, -0.15) is 0 Å². The maximum atomic E-state index is 6.61. The molecule has 11 rings (SSSR count). The molecule has 1 aliphatic carbocycles. The average Bonchev–Trinajstić information content (AvgIpc) is 3.60. The zero-order valence-electron chi connectivity index (χ0n) is 29.2. The Morgan fingerprint density at radius 1 is 0.396 bits per heavy atom. The van der Waals surface area contributed by atoms with Crippen molar-refractivity contribution < 1.29 is 4.42 Å². The minimum atomic E-state index is 0.885. The highest BCUT2D eigenvalue weighted by atomic mass is 16.3. The first kappa shape index (κ1) is 29.8. The molecule has 0 saturated heterocycles. The van der Waals surface area contributed by atoms with E-state index in [0.29, 0.717) is 0 Å².